The van der Waals surface area contributed by atoms with Gasteiger partial charge in [-0.2, -0.15) is 5.10 Å². The molecule has 2 heterocycles. The average molecular weight is 361 g/mol. The quantitative estimate of drug-likeness (QED) is 0.636. The number of hydrogen-bond acceptors (Lipinski definition) is 4. The van der Waals surface area contributed by atoms with Gasteiger partial charge in [-0.05, 0) is 39.0 Å². The van der Waals surface area contributed by atoms with Crippen LogP contribution in [0.5, 0.6) is 0 Å². The van der Waals surface area contributed by atoms with Gasteiger partial charge in [-0.15, -0.1) is 0 Å². The normalized spacial score (nSPS) is 29.2. The topological polar surface area (TPSA) is 78.4 Å². The van der Waals surface area contributed by atoms with Gasteiger partial charge in [-0.25, -0.2) is 4.98 Å². The number of guanidine groups is 1. The van der Waals surface area contributed by atoms with Crippen LogP contribution in [0.2, 0.25) is 0 Å². The maximum atomic E-state index is 6.05. The van der Waals surface area contributed by atoms with Gasteiger partial charge in [0.05, 0.1) is 6.10 Å². The molecule has 26 heavy (non-hydrogen) atoms. The highest BCUT2D eigenvalue weighted by Crippen LogP contribution is 2.54. The van der Waals surface area contributed by atoms with Crippen LogP contribution in [0, 0.1) is 5.41 Å². The van der Waals surface area contributed by atoms with Crippen LogP contribution < -0.4 is 5.32 Å². The van der Waals surface area contributed by atoms with Crippen LogP contribution in [-0.4, -0.2) is 64.9 Å². The van der Waals surface area contributed by atoms with Crippen molar-refractivity contribution in [2.24, 2.45) is 10.4 Å². The maximum absolute atomic E-state index is 6.05. The second kappa shape index (κ2) is 7.55. The molecule has 1 aromatic rings. The Morgan fingerprint density at radius 1 is 1.38 bits per heavy atom. The van der Waals surface area contributed by atoms with Crippen molar-refractivity contribution in [1.82, 2.24) is 25.4 Å². The summed E-state index contributed by atoms with van der Waals surface area (Å²) in [7, 11) is 1.91. The van der Waals surface area contributed by atoms with Crippen LogP contribution in [-0.2, 0) is 4.74 Å². The molecule has 1 aromatic heterocycles. The number of rotatable bonds is 4. The average Bonchev–Trinajstić information content (AvgIpc) is 3.38. The standard InChI is InChI=1S/C19H32N6O/c1-3-26-16-12-15(19(16)8-4-5-9-19)23-18(20-2)25-10-6-14(7-11-25)17-21-13-22-24-17/h13-16H,3-12H2,1-2H3,(H,20,23)(H,21,22,24). The van der Waals surface area contributed by atoms with Crippen molar-refractivity contribution in [1.29, 1.82) is 0 Å². The molecule has 0 bridgehead atoms. The minimum absolute atomic E-state index is 0.337. The number of nitrogens with zero attached hydrogens (tertiary/aromatic N) is 4. The number of ether oxygens (including phenoxy) is 1. The third-order valence-electron chi connectivity index (χ3n) is 6.82. The number of nitrogens with one attached hydrogen (secondary N) is 2. The molecule has 2 aliphatic carbocycles. The molecule has 1 spiro atoms. The fraction of sp³-hybridized carbons (Fsp3) is 0.842. The lowest BCUT2D eigenvalue weighted by molar-refractivity contribution is -0.126. The molecule has 2 unspecified atom stereocenters. The molecule has 0 amide bonds. The highest BCUT2D eigenvalue weighted by molar-refractivity contribution is 5.80. The minimum atomic E-state index is 0.337. The number of aromatic amines is 1. The Bertz CT molecular complexity index is 602. The van der Waals surface area contributed by atoms with Gasteiger partial charge in [0.15, 0.2) is 5.96 Å². The van der Waals surface area contributed by atoms with Gasteiger partial charge in [0.1, 0.15) is 12.2 Å². The van der Waals surface area contributed by atoms with Gasteiger partial charge in [0.25, 0.3) is 0 Å². The molecule has 4 rings (SSSR count). The lowest BCUT2D eigenvalue weighted by atomic mass is 9.60. The molecule has 7 heteroatoms. The number of aromatic nitrogens is 3. The van der Waals surface area contributed by atoms with Crippen LogP contribution in [0.25, 0.3) is 0 Å². The summed E-state index contributed by atoms with van der Waals surface area (Å²) in [5, 5.41) is 10.8. The number of H-pyrrole nitrogens is 1. The number of hydrogen-bond donors (Lipinski definition) is 2. The molecule has 0 aromatic carbocycles. The molecular weight excluding hydrogens is 328 g/mol. The van der Waals surface area contributed by atoms with Crippen LogP contribution in [0.4, 0.5) is 0 Å². The first-order valence-electron chi connectivity index (χ1n) is 10.2. The molecule has 1 aliphatic heterocycles. The van der Waals surface area contributed by atoms with Crippen molar-refractivity contribution in [2.45, 2.75) is 69.9 Å². The van der Waals surface area contributed by atoms with Gasteiger partial charge in [-0.3, -0.25) is 10.1 Å². The number of piperidine rings is 1. The molecule has 1 saturated heterocycles. The van der Waals surface area contributed by atoms with E-state index < -0.39 is 0 Å². The number of likely N-dealkylation sites (tertiary alicyclic amines) is 1. The van der Waals surface area contributed by atoms with Crippen molar-refractivity contribution in [2.75, 3.05) is 26.7 Å². The Hall–Kier alpha value is -1.63. The molecule has 0 radical (unpaired) electrons. The summed E-state index contributed by atoms with van der Waals surface area (Å²) in [6.07, 6.45) is 10.6. The molecule has 2 saturated carbocycles. The first-order chi connectivity index (χ1) is 12.8. The van der Waals surface area contributed by atoms with Crippen LogP contribution in [0.3, 0.4) is 0 Å². The van der Waals surface area contributed by atoms with E-state index in [9.17, 15) is 0 Å². The summed E-state index contributed by atoms with van der Waals surface area (Å²) in [5.74, 6) is 2.57. The first-order valence-corrected chi connectivity index (χ1v) is 10.2. The van der Waals surface area contributed by atoms with Crippen molar-refractivity contribution in [3.8, 4) is 0 Å². The summed E-state index contributed by atoms with van der Waals surface area (Å²) in [4.78, 5) is 11.3. The Kier molecular flexibility index (Phi) is 5.16. The van der Waals surface area contributed by atoms with E-state index in [-0.39, 0.29) is 0 Å². The SMILES string of the molecule is CCOC1CC(NC(=NC)N2CCC(c3ncn[nH]3)CC2)C12CCCC2. The van der Waals surface area contributed by atoms with E-state index >= 15 is 0 Å². The van der Waals surface area contributed by atoms with E-state index in [1.165, 1.54) is 25.7 Å². The van der Waals surface area contributed by atoms with E-state index in [0.29, 0.717) is 23.5 Å². The number of aliphatic imine (C=N–C) groups is 1. The summed E-state index contributed by atoms with van der Waals surface area (Å²) in [6, 6.07) is 0.507. The zero-order valence-electron chi connectivity index (χ0n) is 16.1. The summed E-state index contributed by atoms with van der Waals surface area (Å²) >= 11 is 0. The second-order valence-corrected chi connectivity index (χ2v) is 8.00. The Balaban J connectivity index is 1.35. The summed E-state index contributed by atoms with van der Waals surface area (Å²) < 4.78 is 6.05. The Morgan fingerprint density at radius 2 is 2.15 bits per heavy atom. The molecule has 2 N–H and O–H groups in total. The monoisotopic (exact) mass is 360 g/mol. The first kappa shape index (κ1) is 17.8. The highest BCUT2D eigenvalue weighted by Gasteiger charge is 2.57. The molecule has 2 atom stereocenters. The lowest BCUT2D eigenvalue weighted by Gasteiger charge is -2.55. The molecule has 3 fully saturated rings. The van der Waals surface area contributed by atoms with Gasteiger partial charge >= 0.3 is 0 Å². The van der Waals surface area contributed by atoms with Gasteiger partial charge < -0.3 is 15.0 Å². The largest absolute Gasteiger partial charge is 0.378 e. The second-order valence-electron chi connectivity index (χ2n) is 8.00. The lowest BCUT2D eigenvalue weighted by Crippen LogP contribution is -2.65. The predicted octanol–water partition coefficient (Wildman–Crippen LogP) is 2.30. The van der Waals surface area contributed by atoms with Gasteiger partial charge in [0.2, 0.25) is 0 Å². The molecule has 144 valence electrons. The zero-order valence-corrected chi connectivity index (χ0v) is 16.1. The van der Waals surface area contributed by atoms with E-state index in [2.05, 4.69) is 37.3 Å². The van der Waals surface area contributed by atoms with Crippen molar-refractivity contribution in [3.63, 3.8) is 0 Å². The maximum Gasteiger partial charge on any atom is 0.193 e. The fourth-order valence-corrected chi connectivity index (χ4v) is 5.32. The van der Waals surface area contributed by atoms with E-state index in [1.807, 2.05) is 7.05 Å². The smallest absolute Gasteiger partial charge is 0.193 e. The van der Waals surface area contributed by atoms with Gasteiger partial charge in [-0.1, -0.05) is 12.8 Å². The van der Waals surface area contributed by atoms with Crippen LogP contribution in [0.1, 0.15) is 63.6 Å². The molecule has 3 aliphatic rings. The van der Waals surface area contributed by atoms with Crippen molar-refractivity contribution < 1.29 is 4.74 Å². The highest BCUT2D eigenvalue weighted by atomic mass is 16.5. The Morgan fingerprint density at radius 3 is 2.77 bits per heavy atom. The van der Waals surface area contributed by atoms with Crippen LogP contribution in [0.15, 0.2) is 11.3 Å². The van der Waals surface area contributed by atoms with E-state index in [0.717, 1.165) is 50.7 Å². The van der Waals surface area contributed by atoms with Crippen molar-refractivity contribution >= 4 is 5.96 Å². The fourth-order valence-electron chi connectivity index (χ4n) is 5.32. The minimum Gasteiger partial charge on any atom is -0.378 e. The molecular formula is C19H32N6O. The summed E-state index contributed by atoms with van der Waals surface area (Å²) in [5.41, 5.74) is 0.337. The molecule has 7 nitrogen and oxygen atoms in total. The summed E-state index contributed by atoms with van der Waals surface area (Å²) in [6.45, 7) is 4.96. The van der Waals surface area contributed by atoms with Crippen LogP contribution >= 0.6 is 0 Å². The van der Waals surface area contributed by atoms with E-state index in [4.69, 9.17) is 4.74 Å². The zero-order chi connectivity index (χ0) is 18.0. The van der Waals surface area contributed by atoms with E-state index in [1.54, 1.807) is 6.33 Å². The van der Waals surface area contributed by atoms with Crippen molar-refractivity contribution in [3.05, 3.63) is 12.2 Å². The van der Waals surface area contributed by atoms with Gasteiger partial charge in [0, 0.05) is 44.1 Å². The predicted molar refractivity (Wildman–Crippen MR) is 101 cm³/mol. The third-order valence-corrected chi connectivity index (χ3v) is 6.82. The Labute approximate surface area is 156 Å². The third kappa shape index (κ3) is 3.10.